The van der Waals surface area contributed by atoms with Crippen molar-refractivity contribution < 1.29 is 18.1 Å². The molecular weight excluding hydrogens is 356 g/mol. The van der Waals surface area contributed by atoms with Gasteiger partial charge in [-0.05, 0) is 30.3 Å². The van der Waals surface area contributed by atoms with E-state index in [0.717, 1.165) is 10.4 Å². The summed E-state index contributed by atoms with van der Waals surface area (Å²) in [7, 11) is -4.16. The van der Waals surface area contributed by atoms with E-state index >= 15 is 0 Å². The number of para-hydroxylation sites is 1. The number of hydrogen-bond acceptors (Lipinski definition) is 5. The van der Waals surface area contributed by atoms with Crippen molar-refractivity contribution in [1.29, 1.82) is 0 Å². The standard InChI is InChI=1S/C18H18N2O5S/c1-3-13-19(15-9-11-16(12-10-15)25-14-4-2)26(23,24)18-8-6-5-7-17(18)20(21)22/h3-12H,1-2,13-14H2. The summed E-state index contributed by atoms with van der Waals surface area (Å²) in [6.45, 7) is 7.41. The van der Waals surface area contributed by atoms with Crippen LogP contribution < -0.4 is 9.04 Å². The molecule has 0 fully saturated rings. The maximum Gasteiger partial charge on any atom is 0.289 e. The highest BCUT2D eigenvalue weighted by Gasteiger charge is 2.31. The number of benzene rings is 2. The van der Waals surface area contributed by atoms with E-state index in [4.69, 9.17) is 4.74 Å². The lowest BCUT2D eigenvalue weighted by Crippen LogP contribution is -2.31. The molecule has 0 aliphatic carbocycles. The second-order valence-corrected chi connectivity index (χ2v) is 6.97. The largest absolute Gasteiger partial charge is 0.490 e. The van der Waals surface area contributed by atoms with Crippen LogP contribution in [0, 0.1) is 10.1 Å². The molecule has 0 amide bonds. The monoisotopic (exact) mass is 374 g/mol. The van der Waals surface area contributed by atoms with Gasteiger partial charge in [-0.3, -0.25) is 14.4 Å². The van der Waals surface area contributed by atoms with Crippen LogP contribution in [0.2, 0.25) is 0 Å². The Labute approximate surface area is 152 Å². The Balaban J connectivity index is 2.47. The minimum atomic E-state index is -4.16. The number of nitro groups is 1. The van der Waals surface area contributed by atoms with Crippen LogP contribution in [-0.2, 0) is 10.0 Å². The molecule has 0 aliphatic rings. The summed E-state index contributed by atoms with van der Waals surface area (Å²) in [5.74, 6) is 0.551. The molecule has 0 N–H and O–H groups in total. The number of ether oxygens (including phenoxy) is 1. The van der Waals surface area contributed by atoms with Crippen LogP contribution in [0.5, 0.6) is 5.75 Å². The molecule has 0 heterocycles. The summed E-state index contributed by atoms with van der Waals surface area (Å²) >= 11 is 0. The first-order valence-corrected chi connectivity index (χ1v) is 9.06. The average molecular weight is 374 g/mol. The molecule has 0 spiro atoms. The maximum absolute atomic E-state index is 13.0. The second kappa shape index (κ2) is 8.30. The highest BCUT2D eigenvalue weighted by molar-refractivity contribution is 7.93. The highest BCUT2D eigenvalue weighted by atomic mass is 32.2. The van der Waals surface area contributed by atoms with Gasteiger partial charge in [0, 0.05) is 6.07 Å². The lowest BCUT2D eigenvalue weighted by atomic mass is 10.3. The number of sulfonamides is 1. The fraction of sp³-hybridized carbons (Fsp3) is 0.111. The first kappa shape index (κ1) is 19.2. The van der Waals surface area contributed by atoms with Crippen LogP contribution in [-0.4, -0.2) is 26.5 Å². The molecule has 0 aromatic heterocycles. The van der Waals surface area contributed by atoms with E-state index in [1.54, 1.807) is 30.3 Å². The van der Waals surface area contributed by atoms with Gasteiger partial charge >= 0.3 is 0 Å². The predicted molar refractivity (Wildman–Crippen MR) is 100.0 cm³/mol. The van der Waals surface area contributed by atoms with Crippen molar-refractivity contribution in [3.8, 4) is 5.75 Å². The summed E-state index contributed by atoms with van der Waals surface area (Å²) in [4.78, 5) is 10.1. The Hall–Kier alpha value is -3.13. The first-order chi connectivity index (χ1) is 12.4. The molecule has 7 nitrogen and oxygen atoms in total. The van der Waals surface area contributed by atoms with Crippen molar-refractivity contribution >= 4 is 21.4 Å². The van der Waals surface area contributed by atoms with E-state index < -0.39 is 20.6 Å². The molecule has 0 aliphatic heterocycles. The molecule has 0 unspecified atom stereocenters. The van der Waals surface area contributed by atoms with Gasteiger partial charge in [-0.15, -0.1) is 6.58 Å². The van der Waals surface area contributed by atoms with Gasteiger partial charge < -0.3 is 4.74 Å². The van der Waals surface area contributed by atoms with Crippen molar-refractivity contribution in [2.45, 2.75) is 4.90 Å². The highest BCUT2D eigenvalue weighted by Crippen LogP contribution is 2.30. The average Bonchev–Trinajstić information content (AvgIpc) is 2.64. The van der Waals surface area contributed by atoms with Crippen LogP contribution in [0.15, 0.2) is 78.7 Å². The lowest BCUT2D eigenvalue weighted by Gasteiger charge is -2.23. The molecule has 2 aromatic rings. The number of nitro benzene ring substituents is 1. The number of anilines is 1. The lowest BCUT2D eigenvalue weighted by molar-refractivity contribution is -0.387. The van der Waals surface area contributed by atoms with Gasteiger partial charge in [0.25, 0.3) is 15.7 Å². The van der Waals surface area contributed by atoms with Crippen molar-refractivity contribution in [3.63, 3.8) is 0 Å². The quantitative estimate of drug-likeness (QED) is 0.380. The maximum atomic E-state index is 13.0. The van der Waals surface area contributed by atoms with E-state index in [1.807, 2.05) is 0 Å². The zero-order valence-corrected chi connectivity index (χ0v) is 14.8. The van der Waals surface area contributed by atoms with Crippen LogP contribution in [0.3, 0.4) is 0 Å². The molecule has 136 valence electrons. The Kier molecular flexibility index (Phi) is 6.13. The molecule has 8 heteroatoms. The summed E-state index contributed by atoms with van der Waals surface area (Å²) in [6.07, 6.45) is 3.01. The molecule has 0 atom stereocenters. The SMILES string of the molecule is C=CCOc1ccc(N(CC=C)S(=O)(=O)c2ccccc2[N+](=O)[O-])cc1. The van der Waals surface area contributed by atoms with Gasteiger partial charge in [0.2, 0.25) is 0 Å². The minimum absolute atomic E-state index is 0.0404. The van der Waals surface area contributed by atoms with Crippen molar-refractivity contribution in [3.05, 3.63) is 84.0 Å². The third-order valence-electron chi connectivity index (χ3n) is 3.42. The Morgan fingerprint density at radius 3 is 2.31 bits per heavy atom. The van der Waals surface area contributed by atoms with E-state index in [1.165, 1.54) is 24.3 Å². The molecule has 0 radical (unpaired) electrons. The van der Waals surface area contributed by atoms with Gasteiger partial charge in [0.1, 0.15) is 12.4 Å². The normalized spacial score (nSPS) is 10.8. The van der Waals surface area contributed by atoms with Crippen LogP contribution in [0.1, 0.15) is 0 Å². The molecule has 2 aromatic carbocycles. The Morgan fingerprint density at radius 1 is 1.08 bits per heavy atom. The van der Waals surface area contributed by atoms with Crippen molar-refractivity contribution in [1.82, 2.24) is 0 Å². The second-order valence-electron chi connectivity index (χ2n) is 5.14. The first-order valence-electron chi connectivity index (χ1n) is 7.62. The Morgan fingerprint density at radius 2 is 1.73 bits per heavy atom. The van der Waals surface area contributed by atoms with Gasteiger partial charge in [0.15, 0.2) is 4.90 Å². The molecule has 2 rings (SSSR count). The van der Waals surface area contributed by atoms with Gasteiger partial charge in [-0.25, -0.2) is 8.42 Å². The molecule has 0 saturated heterocycles. The zero-order valence-electron chi connectivity index (χ0n) is 13.9. The number of hydrogen-bond donors (Lipinski definition) is 0. The number of rotatable bonds is 9. The molecule has 0 saturated carbocycles. The Bertz CT molecular complexity index is 907. The summed E-state index contributed by atoms with van der Waals surface area (Å²) < 4.78 is 32.5. The topological polar surface area (TPSA) is 89.8 Å². The minimum Gasteiger partial charge on any atom is -0.490 e. The van der Waals surface area contributed by atoms with E-state index in [0.29, 0.717) is 18.0 Å². The van der Waals surface area contributed by atoms with Crippen LogP contribution in [0.25, 0.3) is 0 Å². The summed E-state index contributed by atoms with van der Waals surface area (Å²) in [6, 6.07) is 11.6. The zero-order chi connectivity index (χ0) is 19.2. The van der Waals surface area contributed by atoms with Gasteiger partial charge in [-0.1, -0.05) is 30.9 Å². The van der Waals surface area contributed by atoms with Crippen molar-refractivity contribution in [2.24, 2.45) is 0 Å². The number of nitrogens with zero attached hydrogens (tertiary/aromatic N) is 2. The smallest absolute Gasteiger partial charge is 0.289 e. The van der Waals surface area contributed by atoms with Gasteiger partial charge in [0.05, 0.1) is 17.2 Å². The van der Waals surface area contributed by atoms with Crippen LogP contribution in [0.4, 0.5) is 11.4 Å². The van der Waals surface area contributed by atoms with Crippen molar-refractivity contribution in [2.75, 3.05) is 17.5 Å². The molecule has 26 heavy (non-hydrogen) atoms. The van der Waals surface area contributed by atoms with E-state index in [9.17, 15) is 18.5 Å². The third kappa shape index (κ3) is 4.09. The fourth-order valence-corrected chi connectivity index (χ4v) is 3.86. The fourth-order valence-electron chi connectivity index (χ4n) is 2.27. The summed E-state index contributed by atoms with van der Waals surface area (Å²) in [5, 5.41) is 11.2. The molecule has 0 bridgehead atoms. The van der Waals surface area contributed by atoms with E-state index in [-0.39, 0.29) is 11.4 Å². The third-order valence-corrected chi connectivity index (χ3v) is 5.26. The van der Waals surface area contributed by atoms with E-state index in [2.05, 4.69) is 13.2 Å². The predicted octanol–water partition coefficient (Wildman–Crippen LogP) is 3.54. The van der Waals surface area contributed by atoms with Crippen LogP contribution >= 0.6 is 0 Å². The summed E-state index contributed by atoms with van der Waals surface area (Å²) in [5.41, 5.74) is -0.137. The van der Waals surface area contributed by atoms with Gasteiger partial charge in [-0.2, -0.15) is 0 Å². The molecular formula is C18H18N2O5S.